The second kappa shape index (κ2) is 9.36. The van der Waals surface area contributed by atoms with Gasteiger partial charge in [0.1, 0.15) is 11.8 Å². The molecule has 13 heteroatoms. The number of rotatable bonds is 10. The summed E-state index contributed by atoms with van der Waals surface area (Å²) in [5.74, 6) is -2.08. The second-order valence-electron chi connectivity index (χ2n) is 7.46. The maximum absolute atomic E-state index is 12.6. The topological polar surface area (TPSA) is 189 Å². The number of H-pyrrole nitrogens is 1. The molecule has 0 bridgehead atoms. The summed E-state index contributed by atoms with van der Waals surface area (Å²) in [4.78, 5) is 36.3. The molecule has 0 fully saturated rings. The summed E-state index contributed by atoms with van der Waals surface area (Å²) < 4.78 is 27.1. The van der Waals surface area contributed by atoms with Crippen LogP contribution in [-0.4, -0.2) is 52.8 Å². The second-order valence-corrected chi connectivity index (χ2v) is 9.14. The van der Waals surface area contributed by atoms with Gasteiger partial charge in [-0.1, -0.05) is 23.4 Å². The molecule has 0 saturated heterocycles. The zero-order chi connectivity index (χ0) is 23.4. The van der Waals surface area contributed by atoms with Crippen molar-refractivity contribution in [2.45, 2.75) is 49.3 Å². The zero-order valence-corrected chi connectivity index (χ0v) is 18.1. The van der Waals surface area contributed by atoms with Gasteiger partial charge in [-0.2, -0.15) is 4.72 Å². The number of carboxylic acid groups (broad SMARTS) is 1. The Kier molecular flexibility index (Phi) is 6.79. The van der Waals surface area contributed by atoms with E-state index in [9.17, 15) is 23.1 Å². The molecule has 0 radical (unpaired) electrons. The van der Waals surface area contributed by atoms with Crippen molar-refractivity contribution in [3.63, 3.8) is 0 Å². The molecule has 0 saturated carbocycles. The number of hydrogen-bond donors (Lipinski definition) is 5. The lowest BCUT2D eigenvalue weighted by Crippen LogP contribution is -2.64. The van der Waals surface area contributed by atoms with E-state index in [1.165, 1.54) is 24.3 Å². The standard InChI is InChI=1S/C19H24N6O6S/c1-19(17(27)28,25-32(29,30)14-8-3-2-4-9-14)23-16(26)15-10-13(31-24-15)7-5-6-12-11-21-18(20)22-12/h2-4,8-9,11,13,25H,5-7,10H2,1H3,(H,23,26)(H,27,28)(H3,20,21,22). The molecule has 2 unspecified atom stereocenters. The van der Waals surface area contributed by atoms with Crippen LogP contribution in [0.15, 0.2) is 46.6 Å². The largest absolute Gasteiger partial charge is 0.478 e. The molecule has 12 nitrogen and oxygen atoms in total. The maximum Gasteiger partial charge on any atom is 0.345 e. The summed E-state index contributed by atoms with van der Waals surface area (Å²) in [6.07, 6.45) is 3.45. The number of nitrogens with two attached hydrogens (primary N) is 1. The molecule has 2 aromatic rings. The molecule has 172 valence electrons. The van der Waals surface area contributed by atoms with Crippen LogP contribution in [0.3, 0.4) is 0 Å². The molecule has 0 aliphatic carbocycles. The molecule has 1 aromatic carbocycles. The number of carbonyl (C=O) groups is 2. The average molecular weight is 465 g/mol. The van der Waals surface area contributed by atoms with Crippen LogP contribution in [0, 0.1) is 0 Å². The minimum Gasteiger partial charge on any atom is -0.478 e. The van der Waals surface area contributed by atoms with Crippen molar-refractivity contribution in [3.05, 3.63) is 42.2 Å². The number of aryl methyl sites for hydroxylation is 1. The van der Waals surface area contributed by atoms with Gasteiger partial charge >= 0.3 is 5.97 Å². The number of aliphatic carboxylic acids is 1. The van der Waals surface area contributed by atoms with Gasteiger partial charge in [-0.25, -0.2) is 18.2 Å². The minimum atomic E-state index is -4.21. The first kappa shape index (κ1) is 23.2. The third kappa shape index (κ3) is 5.62. The highest BCUT2D eigenvalue weighted by Crippen LogP contribution is 2.18. The molecule has 0 spiro atoms. The van der Waals surface area contributed by atoms with E-state index in [2.05, 4.69) is 20.4 Å². The maximum atomic E-state index is 12.6. The third-order valence-electron chi connectivity index (χ3n) is 4.80. The number of nitrogens with zero attached hydrogens (tertiary/aromatic N) is 2. The van der Waals surface area contributed by atoms with Gasteiger partial charge in [0.2, 0.25) is 15.7 Å². The van der Waals surface area contributed by atoms with Gasteiger partial charge in [-0.3, -0.25) is 4.79 Å². The highest BCUT2D eigenvalue weighted by Gasteiger charge is 2.41. The highest BCUT2D eigenvalue weighted by atomic mass is 32.2. The van der Waals surface area contributed by atoms with Gasteiger partial charge < -0.3 is 26.0 Å². The van der Waals surface area contributed by atoms with Crippen LogP contribution in [0.25, 0.3) is 0 Å². The van der Waals surface area contributed by atoms with Crippen molar-refractivity contribution in [3.8, 4) is 0 Å². The molecule has 2 atom stereocenters. The number of hydrogen-bond acceptors (Lipinski definition) is 8. The number of aromatic amines is 1. The van der Waals surface area contributed by atoms with Crippen LogP contribution in [0.4, 0.5) is 5.95 Å². The van der Waals surface area contributed by atoms with Crippen LogP contribution >= 0.6 is 0 Å². The molecule has 1 amide bonds. The predicted octanol–water partition coefficient (Wildman–Crippen LogP) is 0.355. The van der Waals surface area contributed by atoms with E-state index < -0.39 is 27.6 Å². The number of nitrogens with one attached hydrogen (secondary N) is 3. The molecule has 2 heterocycles. The Labute approximate surface area is 184 Å². The Balaban J connectivity index is 1.57. The van der Waals surface area contributed by atoms with Crippen molar-refractivity contribution in [2.75, 3.05) is 5.73 Å². The summed E-state index contributed by atoms with van der Waals surface area (Å²) in [7, 11) is -4.21. The summed E-state index contributed by atoms with van der Waals surface area (Å²) in [6, 6.07) is 7.23. The summed E-state index contributed by atoms with van der Waals surface area (Å²) in [5.41, 5.74) is 4.09. The van der Waals surface area contributed by atoms with Gasteiger partial charge in [0, 0.05) is 12.1 Å². The molecular formula is C19H24N6O6S. The number of oxime groups is 1. The zero-order valence-electron chi connectivity index (χ0n) is 17.2. The average Bonchev–Trinajstić information content (AvgIpc) is 3.37. The fourth-order valence-electron chi connectivity index (χ4n) is 3.09. The number of sulfonamides is 1. The van der Waals surface area contributed by atoms with Gasteiger partial charge in [0.25, 0.3) is 5.91 Å². The number of anilines is 1. The van der Waals surface area contributed by atoms with Crippen LogP contribution in [0.1, 0.15) is 31.9 Å². The van der Waals surface area contributed by atoms with E-state index in [0.29, 0.717) is 18.8 Å². The first-order chi connectivity index (χ1) is 15.1. The molecule has 6 N–H and O–H groups in total. The lowest BCUT2D eigenvalue weighted by Gasteiger charge is -2.27. The van der Waals surface area contributed by atoms with E-state index in [0.717, 1.165) is 19.0 Å². The Morgan fingerprint density at radius 3 is 2.69 bits per heavy atom. The number of nitrogen functional groups attached to an aromatic ring is 1. The summed E-state index contributed by atoms with van der Waals surface area (Å²) >= 11 is 0. The normalized spacial score (nSPS) is 17.8. The molecule has 3 rings (SSSR count). The van der Waals surface area contributed by atoms with E-state index >= 15 is 0 Å². The highest BCUT2D eigenvalue weighted by molar-refractivity contribution is 7.89. The number of carboxylic acids is 1. The first-order valence-corrected chi connectivity index (χ1v) is 11.2. The minimum absolute atomic E-state index is 0.0211. The van der Waals surface area contributed by atoms with Gasteiger partial charge in [-0.05, 0) is 38.3 Å². The molecule has 32 heavy (non-hydrogen) atoms. The Morgan fingerprint density at radius 1 is 1.34 bits per heavy atom. The lowest BCUT2D eigenvalue weighted by atomic mass is 10.1. The molecule has 1 aliphatic rings. The van der Waals surface area contributed by atoms with Gasteiger partial charge in [-0.15, -0.1) is 0 Å². The van der Waals surface area contributed by atoms with Crippen LogP contribution < -0.4 is 15.8 Å². The van der Waals surface area contributed by atoms with Crippen LogP contribution in [-0.2, 0) is 30.9 Å². The van der Waals surface area contributed by atoms with Crippen molar-refractivity contribution in [2.24, 2.45) is 5.16 Å². The van der Waals surface area contributed by atoms with Crippen molar-refractivity contribution in [1.29, 1.82) is 0 Å². The summed E-state index contributed by atoms with van der Waals surface area (Å²) in [6.45, 7) is 1.04. The third-order valence-corrected chi connectivity index (χ3v) is 6.37. The van der Waals surface area contributed by atoms with Gasteiger partial charge in [0.05, 0.1) is 11.1 Å². The predicted molar refractivity (Wildman–Crippen MR) is 114 cm³/mol. The Bertz CT molecular complexity index is 1120. The van der Waals surface area contributed by atoms with E-state index in [4.69, 9.17) is 10.6 Å². The fourth-order valence-corrected chi connectivity index (χ4v) is 4.40. The van der Waals surface area contributed by atoms with Crippen LogP contribution in [0.5, 0.6) is 0 Å². The first-order valence-electron chi connectivity index (χ1n) is 9.76. The fraction of sp³-hybridized carbons (Fsp3) is 0.368. The lowest BCUT2D eigenvalue weighted by molar-refractivity contribution is -0.146. The Hall–Kier alpha value is -3.45. The van der Waals surface area contributed by atoms with E-state index in [-0.39, 0.29) is 23.1 Å². The monoisotopic (exact) mass is 464 g/mol. The van der Waals surface area contributed by atoms with Crippen LogP contribution in [0.2, 0.25) is 0 Å². The van der Waals surface area contributed by atoms with E-state index in [1.54, 1.807) is 12.3 Å². The SMILES string of the molecule is CC(NC(=O)C1=NOC(CCCc2cnc(N)[nH]2)C1)(NS(=O)(=O)c1ccccc1)C(=O)O. The quantitative estimate of drug-likeness (QED) is 0.311. The number of amides is 1. The van der Waals surface area contributed by atoms with Crippen molar-refractivity contribution >= 4 is 33.6 Å². The Morgan fingerprint density at radius 2 is 2.06 bits per heavy atom. The van der Waals surface area contributed by atoms with Crippen molar-refractivity contribution < 1.29 is 28.0 Å². The molecular weight excluding hydrogens is 440 g/mol. The number of carbonyl (C=O) groups excluding carboxylic acids is 1. The van der Waals surface area contributed by atoms with E-state index in [1.807, 2.05) is 4.72 Å². The smallest absolute Gasteiger partial charge is 0.345 e. The number of aromatic nitrogens is 2. The number of benzene rings is 1. The van der Waals surface area contributed by atoms with Gasteiger partial charge in [0.15, 0.2) is 5.95 Å². The number of imidazole rings is 1. The van der Waals surface area contributed by atoms with Crippen molar-refractivity contribution in [1.82, 2.24) is 20.0 Å². The molecule has 1 aliphatic heterocycles. The molecule has 1 aromatic heterocycles. The summed E-state index contributed by atoms with van der Waals surface area (Å²) in [5, 5.41) is 15.5.